The van der Waals surface area contributed by atoms with Crippen LogP contribution < -0.4 is 5.43 Å². The maximum Gasteiger partial charge on any atom is 0.0681 e. The van der Waals surface area contributed by atoms with E-state index in [2.05, 4.69) is 31.3 Å². The molecule has 3 nitrogen and oxygen atoms in total. The van der Waals surface area contributed by atoms with Gasteiger partial charge in [-0.25, -0.2) is 0 Å². The topological polar surface area (TPSA) is 33.6 Å². The minimum Gasteiger partial charge on any atom is -0.375 e. The van der Waals surface area contributed by atoms with Crippen LogP contribution in [0.2, 0.25) is 0 Å². The molecule has 0 amide bonds. The molecule has 14 heavy (non-hydrogen) atoms. The molecule has 1 atom stereocenters. The highest BCUT2D eigenvalue weighted by Crippen LogP contribution is 2.17. The predicted molar refractivity (Wildman–Crippen MR) is 59.5 cm³/mol. The Morgan fingerprint density at radius 3 is 3.14 bits per heavy atom. The first-order chi connectivity index (χ1) is 6.75. The summed E-state index contributed by atoms with van der Waals surface area (Å²) in [6.07, 6.45) is 3.08. The molecule has 0 aliphatic carbocycles. The third-order valence-corrected chi connectivity index (χ3v) is 2.61. The molecule has 0 saturated heterocycles. The highest BCUT2D eigenvalue weighted by Gasteiger charge is 2.09. The molecule has 0 spiro atoms. The Balaban J connectivity index is 2.79. The fourth-order valence-corrected chi connectivity index (χ4v) is 1.48. The molecule has 0 fully saturated rings. The van der Waals surface area contributed by atoms with Crippen LogP contribution in [-0.4, -0.2) is 26.0 Å². The third-order valence-electron chi connectivity index (χ3n) is 2.61. The molecule has 0 aromatic carbocycles. The summed E-state index contributed by atoms with van der Waals surface area (Å²) in [6, 6.07) is 0. The Hall–Kier alpha value is -0.830. The second-order valence-electron chi connectivity index (χ2n) is 3.76. The number of hydrogen-bond donors (Lipinski definition) is 1. The van der Waals surface area contributed by atoms with Crippen molar-refractivity contribution in [3.63, 3.8) is 0 Å². The van der Waals surface area contributed by atoms with Crippen LogP contribution in [0.15, 0.2) is 16.2 Å². The Morgan fingerprint density at radius 2 is 2.43 bits per heavy atom. The second kappa shape index (κ2) is 5.81. The van der Waals surface area contributed by atoms with Crippen LogP contribution in [-0.2, 0) is 4.74 Å². The van der Waals surface area contributed by atoms with Crippen molar-refractivity contribution in [1.29, 1.82) is 0 Å². The smallest absolute Gasteiger partial charge is 0.0681 e. The number of allylic oxidation sites excluding steroid dienone is 1. The molecule has 80 valence electrons. The molecule has 0 aromatic rings. The summed E-state index contributed by atoms with van der Waals surface area (Å²) in [5, 5.41) is 4.18. The van der Waals surface area contributed by atoms with Crippen molar-refractivity contribution in [2.75, 3.05) is 19.8 Å². The molecule has 1 aliphatic rings. The van der Waals surface area contributed by atoms with Crippen LogP contribution >= 0.6 is 0 Å². The van der Waals surface area contributed by atoms with Crippen molar-refractivity contribution in [3.8, 4) is 0 Å². The van der Waals surface area contributed by atoms with E-state index < -0.39 is 0 Å². The van der Waals surface area contributed by atoms with Crippen LogP contribution in [0.1, 0.15) is 27.2 Å². The first kappa shape index (κ1) is 11.2. The fraction of sp³-hybridized carbons (Fsp3) is 0.727. The van der Waals surface area contributed by atoms with E-state index in [4.69, 9.17) is 4.74 Å². The summed E-state index contributed by atoms with van der Waals surface area (Å²) in [4.78, 5) is 0. The van der Waals surface area contributed by atoms with E-state index in [1.807, 2.05) is 6.21 Å². The zero-order chi connectivity index (χ0) is 10.4. The number of nitrogens with zero attached hydrogens (tertiary/aromatic N) is 1. The van der Waals surface area contributed by atoms with Crippen molar-refractivity contribution in [3.05, 3.63) is 11.1 Å². The molecular weight excluding hydrogens is 176 g/mol. The van der Waals surface area contributed by atoms with Gasteiger partial charge in [-0.2, -0.15) is 5.10 Å². The first-order valence-corrected chi connectivity index (χ1v) is 5.29. The SMILES string of the molecule is CCC(C)C1=C(/C)COCCN/N=C\1. The average molecular weight is 196 g/mol. The lowest BCUT2D eigenvalue weighted by Crippen LogP contribution is -2.13. The van der Waals surface area contributed by atoms with Gasteiger partial charge in [-0.05, 0) is 30.4 Å². The third kappa shape index (κ3) is 3.14. The number of nitrogens with one attached hydrogen (secondary N) is 1. The van der Waals surface area contributed by atoms with Gasteiger partial charge in [0.05, 0.1) is 26.0 Å². The molecule has 0 aromatic heterocycles. The van der Waals surface area contributed by atoms with Gasteiger partial charge in [0.2, 0.25) is 0 Å². The molecular formula is C11H20N2O. The Morgan fingerprint density at radius 1 is 1.64 bits per heavy atom. The van der Waals surface area contributed by atoms with Crippen molar-refractivity contribution in [2.45, 2.75) is 27.2 Å². The maximum absolute atomic E-state index is 5.49. The van der Waals surface area contributed by atoms with Crippen LogP contribution in [0.3, 0.4) is 0 Å². The zero-order valence-electron chi connectivity index (χ0n) is 9.34. The van der Waals surface area contributed by atoms with E-state index in [1.165, 1.54) is 11.1 Å². The number of rotatable bonds is 2. The predicted octanol–water partition coefficient (Wildman–Crippen LogP) is 1.95. The molecule has 3 heteroatoms. The van der Waals surface area contributed by atoms with Gasteiger partial charge >= 0.3 is 0 Å². The molecule has 1 rings (SSSR count). The van der Waals surface area contributed by atoms with Crippen LogP contribution in [0.4, 0.5) is 0 Å². The molecule has 1 N–H and O–H groups in total. The lowest BCUT2D eigenvalue weighted by atomic mass is 9.95. The quantitative estimate of drug-likeness (QED) is 0.732. The average Bonchev–Trinajstić information content (AvgIpc) is 2.29. The minimum absolute atomic E-state index is 0.558. The van der Waals surface area contributed by atoms with Gasteiger partial charge in [-0.15, -0.1) is 0 Å². The summed E-state index contributed by atoms with van der Waals surface area (Å²) >= 11 is 0. The lowest BCUT2D eigenvalue weighted by molar-refractivity contribution is 0.158. The summed E-state index contributed by atoms with van der Waals surface area (Å²) in [6.45, 7) is 8.79. The highest BCUT2D eigenvalue weighted by molar-refractivity contribution is 5.80. The molecule has 0 radical (unpaired) electrons. The normalized spacial score (nSPS) is 28.2. The largest absolute Gasteiger partial charge is 0.375 e. The summed E-state index contributed by atoms with van der Waals surface area (Å²) in [7, 11) is 0. The van der Waals surface area contributed by atoms with Gasteiger partial charge < -0.3 is 10.2 Å². The highest BCUT2D eigenvalue weighted by atomic mass is 16.5. The van der Waals surface area contributed by atoms with E-state index in [1.54, 1.807) is 0 Å². The van der Waals surface area contributed by atoms with Crippen molar-refractivity contribution in [2.24, 2.45) is 11.0 Å². The van der Waals surface area contributed by atoms with E-state index in [-0.39, 0.29) is 0 Å². The van der Waals surface area contributed by atoms with E-state index in [0.29, 0.717) is 5.92 Å². The van der Waals surface area contributed by atoms with Crippen LogP contribution in [0.5, 0.6) is 0 Å². The lowest BCUT2D eigenvalue weighted by Gasteiger charge is -2.13. The Kier molecular flexibility index (Phi) is 4.66. The van der Waals surface area contributed by atoms with Gasteiger partial charge in [0.15, 0.2) is 0 Å². The van der Waals surface area contributed by atoms with Crippen molar-refractivity contribution >= 4 is 6.21 Å². The zero-order valence-corrected chi connectivity index (χ0v) is 9.34. The van der Waals surface area contributed by atoms with E-state index in [9.17, 15) is 0 Å². The van der Waals surface area contributed by atoms with Crippen LogP contribution in [0.25, 0.3) is 0 Å². The minimum atomic E-state index is 0.558. The van der Waals surface area contributed by atoms with E-state index >= 15 is 0 Å². The van der Waals surface area contributed by atoms with Crippen molar-refractivity contribution in [1.82, 2.24) is 5.43 Å². The number of hydrogen-bond acceptors (Lipinski definition) is 3. The molecule has 1 unspecified atom stereocenters. The van der Waals surface area contributed by atoms with E-state index in [0.717, 1.165) is 26.2 Å². The van der Waals surface area contributed by atoms with Gasteiger partial charge in [0, 0.05) is 0 Å². The Bertz CT molecular complexity index is 233. The summed E-state index contributed by atoms with van der Waals surface area (Å²) in [5.41, 5.74) is 5.57. The van der Waals surface area contributed by atoms with Gasteiger partial charge in [0.1, 0.15) is 0 Å². The summed E-state index contributed by atoms with van der Waals surface area (Å²) in [5.74, 6) is 0.558. The number of ether oxygens (including phenoxy) is 1. The van der Waals surface area contributed by atoms with Gasteiger partial charge in [-0.1, -0.05) is 13.8 Å². The standard InChI is InChI=1S/C11H20N2O/c1-4-9(2)11-7-13-12-5-6-14-8-10(11)3/h7,9,12H,4-6,8H2,1-3H3/b11-10-,13-7-. The monoisotopic (exact) mass is 196 g/mol. The molecule has 0 bridgehead atoms. The Labute approximate surface area is 86.2 Å². The molecule has 1 aliphatic heterocycles. The van der Waals surface area contributed by atoms with Crippen molar-refractivity contribution < 1.29 is 4.74 Å². The second-order valence-corrected chi connectivity index (χ2v) is 3.76. The maximum atomic E-state index is 5.49. The van der Waals surface area contributed by atoms with Gasteiger partial charge in [-0.3, -0.25) is 0 Å². The summed E-state index contributed by atoms with van der Waals surface area (Å²) < 4.78 is 5.49. The molecule has 1 heterocycles. The molecule has 0 saturated carbocycles. The number of hydrazone groups is 1. The van der Waals surface area contributed by atoms with Gasteiger partial charge in [0.25, 0.3) is 0 Å². The first-order valence-electron chi connectivity index (χ1n) is 5.29. The fourth-order valence-electron chi connectivity index (χ4n) is 1.48. The van der Waals surface area contributed by atoms with Crippen LogP contribution in [0, 0.1) is 5.92 Å².